The average Bonchev–Trinajstić information content (AvgIpc) is 3.31. The number of hydrogen-bond donors (Lipinski definition) is 2. The van der Waals surface area contributed by atoms with Crippen molar-refractivity contribution < 1.29 is 14.4 Å². The van der Waals surface area contributed by atoms with Crippen LogP contribution in [-0.2, 0) is 11.3 Å². The highest BCUT2D eigenvalue weighted by Crippen LogP contribution is 2.21. The summed E-state index contributed by atoms with van der Waals surface area (Å²) in [7, 11) is 0. The van der Waals surface area contributed by atoms with Gasteiger partial charge in [-0.1, -0.05) is 49.2 Å². The van der Waals surface area contributed by atoms with E-state index in [1.54, 1.807) is 18.2 Å². The number of amides is 3. The standard InChI is InChI=1S/C25H29Cl2N3O3/c1-16(2)13-22(29-23(31)20-10-9-19(26)14-21(20)27)24(32)28-15-17-5-7-18(8-6-17)25(33)30-11-3-4-12-30/h5-10,14,16,22H,3-4,11-13,15H2,1-2H3,(H,28,32)(H,29,31). The largest absolute Gasteiger partial charge is 0.350 e. The Kier molecular flexibility index (Phi) is 8.75. The molecule has 3 amide bonds. The van der Waals surface area contributed by atoms with Crippen LogP contribution < -0.4 is 10.6 Å². The number of carbonyl (C=O) groups excluding carboxylic acids is 3. The summed E-state index contributed by atoms with van der Waals surface area (Å²) in [5.41, 5.74) is 1.79. The molecule has 176 valence electrons. The van der Waals surface area contributed by atoms with Gasteiger partial charge in [0.1, 0.15) is 6.04 Å². The molecule has 8 heteroatoms. The number of rotatable bonds is 8. The van der Waals surface area contributed by atoms with Crippen LogP contribution in [0.3, 0.4) is 0 Å². The molecule has 3 rings (SSSR count). The third kappa shape index (κ3) is 6.95. The van der Waals surface area contributed by atoms with Crippen LogP contribution in [0.15, 0.2) is 42.5 Å². The van der Waals surface area contributed by atoms with Gasteiger partial charge in [-0.3, -0.25) is 14.4 Å². The van der Waals surface area contributed by atoms with Crippen molar-refractivity contribution in [3.8, 4) is 0 Å². The Labute approximate surface area is 204 Å². The van der Waals surface area contributed by atoms with E-state index in [-0.39, 0.29) is 28.3 Å². The van der Waals surface area contributed by atoms with E-state index in [2.05, 4.69) is 10.6 Å². The molecular formula is C25H29Cl2N3O3. The molecule has 0 radical (unpaired) electrons. The molecule has 2 N–H and O–H groups in total. The quantitative estimate of drug-likeness (QED) is 0.564. The van der Waals surface area contributed by atoms with Gasteiger partial charge in [-0.05, 0) is 61.1 Å². The lowest BCUT2D eigenvalue weighted by molar-refractivity contribution is -0.123. The molecule has 2 aromatic rings. The molecule has 2 aromatic carbocycles. The maximum atomic E-state index is 12.9. The molecule has 1 saturated heterocycles. The van der Waals surface area contributed by atoms with Crippen molar-refractivity contribution in [3.05, 3.63) is 69.2 Å². The number of hydrogen-bond acceptors (Lipinski definition) is 3. The zero-order valence-corrected chi connectivity index (χ0v) is 20.4. The van der Waals surface area contributed by atoms with Gasteiger partial charge in [0.05, 0.1) is 10.6 Å². The highest BCUT2D eigenvalue weighted by molar-refractivity contribution is 6.36. The minimum Gasteiger partial charge on any atom is -0.350 e. The number of likely N-dealkylation sites (tertiary alicyclic amines) is 1. The summed E-state index contributed by atoms with van der Waals surface area (Å²) in [6.45, 7) is 5.88. The smallest absolute Gasteiger partial charge is 0.253 e. The van der Waals surface area contributed by atoms with Gasteiger partial charge in [0, 0.05) is 30.2 Å². The minimum atomic E-state index is -0.708. The maximum Gasteiger partial charge on any atom is 0.253 e. The lowest BCUT2D eigenvalue weighted by atomic mass is 10.0. The molecule has 33 heavy (non-hydrogen) atoms. The maximum absolute atomic E-state index is 12.9. The van der Waals surface area contributed by atoms with Crippen LogP contribution in [0, 0.1) is 5.92 Å². The zero-order chi connectivity index (χ0) is 24.0. The molecule has 0 aromatic heterocycles. The van der Waals surface area contributed by atoms with Gasteiger partial charge in [0.25, 0.3) is 11.8 Å². The molecular weight excluding hydrogens is 461 g/mol. The number of benzene rings is 2. The second kappa shape index (κ2) is 11.5. The second-order valence-corrected chi connectivity index (χ2v) is 9.54. The SMILES string of the molecule is CC(C)CC(NC(=O)c1ccc(Cl)cc1Cl)C(=O)NCc1ccc(C(=O)N2CCCC2)cc1. The fourth-order valence-corrected chi connectivity index (χ4v) is 4.29. The van der Waals surface area contributed by atoms with Crippen LogP contribution in [-0.4, -0.2) is 41.8 Å². The fourth-order valence-electron chi connectivity index (χ4n) is 3.79. The number of halogens is 2. The molecule has 1 fully saturated rings. The van der Waals surface area contributed by atoms with Gasteiger partial charge in [0.2, 0.25) is 5.91 Å². The summed E-state index contributed by atoms with van der Waals surface area (Å²) in [6.07, 6.45) is 2.58. The van der Waals surface area contributed by atoms with Crippen LogP contribution in [0.2, 0.25) is 10.0 Å². The summed E-state index contributed by atoms with van der Waals surface area (Å²) in [6, 6.07) is 11.2. The van der Waals surface area contributed by atoms with Gasteiger partial charge < -0.3 is 15.5 Å². The summed E-state index contributed by atoms with van der Waals surface area (Å²) in [5, 5.41) is 6.33. The normalized spacial score (nSPS) is 14.3. The van der Waals surface area contributed by atoms with Gasteiger partial charge in [0.15, 0.2) is 0 Å². The van der Waals surface area contributed by atoms with E-state index in [0.717, 1.165) is 31.5 Å². The van der Waals surface area contributed by atoms with Crippen molar-refractivity contribution in [1.82, 2.24) is 15.5 Å². The van der Waals surface area contributed by atoms with Crippen molar-refractivity contribution in [2.24, 2.45) is 5.92 Å². The van der Waals surface area contributed by atoms with Crippen LogP contribution in [0.5, 0.6) is 0 Å². The Morgan fingerprint density at radius 3 is 2.27 bits per heavy atom. The first-order valence-electron chi connectivity index (χ1n) is 11.2. The van der Waals surface area contributed by atoms with E-state index in [0.29, 0.717) is 23.6 Å². The highest BCUT2D eigenvalue weighted by atomic mass is 35.5. The average molecular weight is 490 g/mol. The van der Waals surface area contributed by atoms with Crippen molar-refractivity contribution in [2.75, 3.05) is 13.1 Å². The van der Waals surface area contributed by atoms with E-state index >= 15 is 0 Å². The van der Waals surface area contributed by atoms with Crippen molar-refractivity contribution in [1.29, 1.82) is 0 Å². The van der Waals surface area contributed by atoms with Gasteiger partial charge in [-0.2, -0.15) is 0 Å². The molecule has 1 aliphatic rings. The minimum absolute atomic E-state index is 0.0451. The van der Waals surface area contributed by atoms with Crippen LogP contribution in [0.25, 0.3) is 0 Å². The van der Waals surface area contributed by atoms with Gasteiger partial charge in [-0.15, -0.1) is 0 Å². The summed E-state index contributed by atoms with van der Waals surface area (Å²) in [4.78, 5) is 39.9. The van der Waals surface area contributed by atoms with Crippen molar-refractivity contribution >= 4 is 40.9 Å². The van der Waals surface area contributed by atoms with E-state index in [9.17, 15) is 14.4 Å². The van der Waals surface area contributed by atoms with Crippen LogP contribution in [0.1, 0.15) is 59.4 Å². The van der Waals surface area contributed by atoms with E-state index in [1.165, 1.54) is 12.1 Å². The predicted molar refractivity (Wildman–Crippen MR) is 131 cm³/mol. The Morgan fingerprint density at radius 2 is 1.67 bits per heavy atom. The number of carbonyl (C=O) groups is 3. The third-order valence-electron chi connectivity index (χ3n) is 5.57. The first-order valence-corrected chi connectivity index (χ1v) is 11.9. The summed E-state index contributed by atoms with van der Waals surface area (Å²) in [5.74, 6) is -0.470. The molecule has 0 spiro atoms. The Balaban J connectivity index is 1.60. The first kappa shape index (κ1) is 25.1. The summed E-state index contributed by atoms with van der Waals surface area (Å²) < 4.78 is 0. The lowest BCUT2D eigenvalue weighted by Gasteiger charge is -2.21. The van der Waals surface area contributed by atoms with Crippen molar-refractivity contribution in [2.45, 2.75) is 45.7 Å². The van der Waals surface area contributed by atoms with Gasteiger partial charge in [-0.25, -0.2) is 0 Å². The lowest BCUT2D eigenvalue weighted by Crippen LogP contribution is -2.47. The van der Waals surface area contributed by atoms with Crippen LogP contribution >= 0.6 is 23.2 Å². The molecule has 1 unspecified atom stereocenters. The fraction of sp³-hybridized carbons (Fsp3) is 0.400. The zero-order valence-electron chi connectivity index (χ0n) is 18.9. The molecule has 0 bridgehead atoms. The number of nitrogens with zero attached hydrogens (tertiary/aromatic N) is 1. The molecule has 1 aliphatic heterocycles. The Hall–Kier alpha value is -2.57. The molecule has 1 heterocycles. The molecule has 1 atom stereocenters. The molecule has 0 saturated carbocycles. The number of nitrogens with one attached hydrogen (secondary N) is 2. The molecule has 6 nitrogen and oxygen atoms in total. The van der Waals surface area contributed by atoms with E-state index in [1.807, 2.05) is 30.9 Å². The van der Waals surface area contributed by atoms with Crippen LogP contribution in [0.4, 0.5) is 0 Å². The summed E-state index contributed by atoms with van der Waals surface area (Å²) >= 11 is 12.0. The Morgan fingerprint density at radius 1 is 1.00 bits per heavy atom. The van der Waals surface area contributed by atoms with E-state index < -0.39 is 11.9 Å². The second-order valence-electron chi connectivity index (χ2n) is 8.69. The Bertz CT molecular complexity index is 1000. The molecule has 0 aliphatic carbocycles. The topological polar surface area (TPSA) is 78.5 Å². The monoisotopic (exact) mass is 489 g/mol. The third-order valence-corrected chi connectivity index (χ3v) is 6.11. The van der Waals surface area contributed by atoms with Crippen molar-refractivity contribution in [3.63, 3.8) is 0 Å². The first-order chi connectivity index (χ1) is 15.7. The highest BCUT2D eigenvalue weighted by Gasteiger charge is 2.24. The predicted octanol–water partition coefficient (Wildman–Crippen LogP) is 4.69. The van der Waals surface area contributed by atoms with Gasteiger partial charge >= 0.3 is 0 Å². The van der Waals surface area contributed by atoms with E-state index in [4.69, 9.17) is 23.2 Å².